The summed E-state index contributed by atoms with van der Waals surface area (Å²) in [5.74, 6) is 0.570. The van der Waals surface area contributed by atoms with Gasteiger partial charge >= 0.3 is 0 Å². The molecule has 0 bridgehead atoms. The molecule has 4 N–H and O–H groups in total. The fourth-order valence-electron chi connectivity index (χ4n) is 1.71. The van der Waals surface area contributed by atoms with Crippen molar-refractivity contribution in [3.05, 3.63) is 24.0 Å². The summed E-state index contributed by atoms with van der Waals surface area (Å²) in [4.78, 5) is 8.60. The van der Waals surface area contributed by atoms with E-state index in [0.29, 0.717) is 22.8 Å². The number of hydrogen-bond acceptors (Lipinski definition) is 4. The van der Waals surface area contributed by atoms with Crippen molar-refractivity contribution in [3.8, 4) is 0 Å². The van der Waals surface area contributed by atoms with Gasteiger partial charge in [0.1, 0.15) is 5.52 Å². The van der Waals surface area contributed by atoms with Crippen LogP contribution in [0.3, 0.4) is 0 Å². The molecular formula is C12H15BrN4. The summed E-state index contributed by atoms with van der Waals surface area (Å²) in [5.41, 5.74) is 15.2. The predicted molar refractivity (Wildman–Crippen MR) is 75.0 cm³/mol. The predicted octanol–water partition coefficient (Wildman–Crippen LogP) is 2.37. The monoisotopic (exact) mass is 294 g/mol. The molecule has 2 heterocycles. The van der Waals surface area contributed by atoms with Crippen LogP contribution < -0.4 is 11.5 Å². The first-order valence-corrected chi connectivity index (χ1v) is 6.58. The zero-order valence-corrected chi connectivity index (χ0v) is 11.2. The van der Waals surface area contributed by atoms with Crippen LogP contribution in [0, 0.1) is 5.92 Å². The molecule has 4 nitrogen and oxygen atoms in total. The van der Waals surface area contributed by atoms with E-state index < -0.39 is 0 Å². The zero-order valence-electron chi connectivity index (χ0n) is 9.65. The molecule has 5 heteroatoms. The highest BCUT2D eigenvalue weighted by atomic mass is 79.9. The van der Waals surface area contributed by atoms with Gasteiger partial charge in [0.15, 0.2) is 0 Å². The molecule has 0 aliphatic carbocycles. The van der Waals surface area contributed by atoms with E-state index in [9.17, 15) is 0 Å². The van der Waals surface area contributed by atoms with Gasteiger partial charge in [0.05, 0.1) is 23.1 Å². The van der Waals surface area contributed by atoms with Crippen LogP contribution >= 0.6 is 15.9 Å². The van der Waals surface area contributed by atoms with Gasteiger partial charge in [-0.1, -0.05) is 22.9 Å². The normalized spacial score (nSPS) is 12.8. The zero-order chi connectivity index (χ0) is 12.4. The summed E-state index contributed by atoms with van der Waals surface area (Å²) in [6.45, 7) is 2.18. The second-order valence-electron chi connectivity index (χ2n) is 4.30. The number of anilines is 2. The van der Waals surface area contributed by atoms with Crippen LogP contribution in [-0.4, -0.2) is 15.3 Å². The highest BCUT2D eigenvalue weighted by Gasteiger charge is 2.07. The molecule has 2 aromatic heterocycles. The molecule has 90 valence electrons. The minimum Gasteiger partial charge on any atom is -0.396 e. The third-order valence-electron chi connectivity index (χ3n) is 2.68. The van der Waals surface area contributed by atoms with Gasteiger partial charge in [0.25, 0.3) is 0 Å². The number of nitrogens with zero attached hydrogens (tertiary/aromatic N) is 2. The Labute approximate surface area is 109 Å². The number of rotatable bonds is 3. The second-order valence-corrected chi connectivity index (χ2v) is 4.95. The van der Waals surface area contributed by atoms with E-state index >= 15 is 0 Å². The number of halogens is 1. The van der Waals surface area contributed by atoms with Crippen LogP contribution in [0.4, 0.5) is 11.4 Å². The molecule has 17 heavy (non-hydrogen) atoms. The second kappa shape index (κ2) is 4.87. The summed E-state index contributed by atoms with van der Waals surface area (Å²) in [5, 5.41) is 0.975. The van der Waals surface area contributed by atoms with Crippen LogP contribution in [-0.2, 0) is 6.42 Å². The number of aromatic nitrogens is 2. The molecule has 1 atom stereocenters. The van der Waals surface area contributed by atoms with Gasteiger partial charge in [-0.3, -0.25) is 9.97 Å². The fourth-order valence-corrected chi connectivity index (χ4v) is 1.94. The van der Waals surface area contributed by atoms with Crippen LogP contribution in [0.1, 0.15) is 12.5 Å². The van der Waals surface area contributed by atoms with Gasteiger partial charge in [-0.2, -0.15) is 0 Å². The van der Waals surface area contributed by atoms with E-state index in [4.69, 9.17) is 11.5 Å². The minimum atomic E-state index is 0.478. The van der Waals surface area contributed by atoms with Gasteiger partial charge < -0.3 is 11.5 Å². The molecule has 0 saturated heterocycles. The van der Waals surface area contributed by atoms with Gasteiger partial charge in [-0.25, -0.2) is 0 Å². The summed E-state index contributed by atoms with van der Waals surface area (Å²) in [7, 11) is 0. The van der Waals surface area contributed by atoms with Gasteiger partial charge in [0.2, 0.25) is 0 Å². The SMILES string of the molecule is CC(CBr)Cc1cnc2c(N)c(N)cnc2c1. The van der Waals surface area contributed by atoms with Crippen molar-refractivity contribution < 1.29 is 0 Å². The van der Waals surface area contributed by atoms with E-state index in [2.05, 4.69) is 32.8 Å². The number of hydrogen-bond donors (Lipinski definition) is 2. The minimum absolute atomic E-state index is 0.478. The van der Waals surface area contributed by atoms with E-state index in [-0.39, 0.29) is 0 Å². The number of fused-ring (bicyclic) bond motifs is 1. The first-order valence-electron chi connectivity index (χ1n) is 5.46. The Bertz CT molecular complexity index is 541. The number of nitrogen functional groups attached to an aromatic ring is 2. The van der Waals surface area contributed by atoms with Gasteiger partial charge in [-0.15, -0.1) is 0 Å². The molecule has 0 radical (unpaired) electrons. The lowest BCUT2D eigenvalue weighted by Crippen LogP contribution is -2.03. The lowest BCUT2D eigenvalue weighted by molar-refractivity contribution is 0.662. The maximum absolute atomic E-state index is 5.86. The maximum atomic E-state index is 5.86. The Morgan fingerprint density at radius 3 is 2.76 bits per heavy atom. The largest absolute Gasteiger partial charge is 0.396 e. The number of pyridine rings is 2. The van der Waals surface area contributed by atoms with Crippen molar-refractivity contribution in [1.29, 1.82) is 0 Å². The summed E-state index contributed by atoms with van der Waals surface area (Å²) >= 11 is 3.47. The molecule has 0 aliphatic heterocycles. The molecule has 2 aromatic rings. The molecule has 0 aromatic carbocycles. The third kappa shape index (κ3) is 2.49. The fraction of sp³-hybridized carbons (Fsp3) is 0.333. The number of nitrogens with two attached hydrogens (primary N) is 2. The van der Waals surface area contributed by atoms with E-state index in [1.165, 1.54) is 5.56 Å². The van der Waals surface area contributed by atoms with Crippen molar-refractivity contribution in [2.75, 3.05) is 16.8 Å². The summed E-state index contributed by atoms with van der Waals surface area (Å²) in [6.07, 6.45) is 4.40. The van der Waals surface area contributed by atoms with Gasteiger partial charge in [-0.05, 0) is 24.0 Å². The maximum Gasteiger partial charge on any atom is 0.114 e. The third-order valence-corrected chi connectivity index (χ3v) is 3.79. The lowest BCUT2D eigenvalue weighted by atomic mass is 10.0. The highest BCUT2D eigenvalue weighted by Crippen LogP contribution is 2.23. The van der Waals surface area contributed by atoms with Crippen LogP contribution in [0.2, 0.25) is 0 Å². The molecule has 0 saturated carbocycles. The quantitative estimate of drug-likeness (QED) is 0.852. The Hall–Kier alpha value is -1.36. The Morgan fingerprint density at radius 2 is 2.06 bits per heavy atom. The van der Waals surface area contributed by atoms with Crippen molar-refractivity contribution >= 4 is 38.3 Å². The average molecular weight is 295 g/mol. The molecule has 2 rings (SSSR count). The first kappa shape index (κ1) is 12.1. The molecule has 1 unspecified atom stereocenters. The van der Waals surface area contributed by atoms with Crippen LogP contribution in [0.25, 0.3) is 11.0 Å². The van der Waals surface area contributed by atoms with E-state index in [1.807, 2.05) is 12.3 Å². The lowest BCUT2D eigenvalue weighted by Gasteiger charge is -2.09. The number of alkyl halides is 1. The topological polar surface area (TPSA) is 77.8 Å². The van der Waals surface area contributed by atoms with E-state index in [1.54, 1.807) is 6.20 Å². The molecule has 0 spiro atoms. The Kier molecular flexibility index (Phi) is 3.47. The highest BCUT2D eigenvalue weighted by molar-refractivity contribution is 9.09. The molecular weight excluding hydrogens is 280 g/mol. The van der Waals surface area contributed by atoms with Crippen molar-refractivity contribution in [1.82, 2.24) is 9.97 Å². The molecule has 0 amide bonds. The Balaban J connectivity index is 2.42. The summed E-state index contributed by atoms with van der Waals surface area (Å²) < 4.78 is 0. The van der Waals surface area contributed by atoms with Crippen molar-refractivity contribution in [3.63, 3.8) is 0 Å². The van der Waals surface area contributed by atoms with Crippen molar-refractivity contribution in [2.45, 2.75) is 13.3 Å². The average Bonchev–Trinajstić information content (AvgIpc) is 2.34. The standard InChI is InChI=1S/C12H15BrN4/c1-7(4-13)2-8-3-10-12(17-5-8)11(15)9(14)6-16-10/h3,5-7H,2,4,14H2,1H3,(H2,15,16). The first-order chi connectivity index (χ1) is 8.11. The molecule has 0 fully saturated rings. The van der Waals surface area contributed by atoms with Gasteiger partial charge in [0, 0.05) is 11.5 Å². The van der Waals surface area contributed by atoms with E-state index in [0.717, 1.165) is 17.3 Å². The van der Waals surface area contributed by atoms with Crippen LogP contribution in [0.15, 0.2) is 18.5 Å². The van der Waals surface area contributed by atoms with Crippen molar-refractivity contribution in [2.24, 2.45) is 5.92 Å². The Morgan fingerprint density at radius 1 is 1.29 bits per heavy atom. The summed E-state index contributed by atoms with van der Waals surface area (Å²) in [6, 6.07) is 2.03. The molecule has 0 aliphatic rings. The van der Waals surface area contributed by atoms with Crippen LogP contribution in [0.5, 0.6) is 0 Å². The smallest absolute Gasteiger partial charge is 0.114 e.